The number of hydrogen-bond acceptors (Lipinski definition) is 3. The van der Waals surface area contributed by atoms with Gasteiger partial charge < -0.3 is 4.90 Å². The molecule has 2 rings (SSSR count). The van der Waals surface area contributed by atoms with Crippen molar-refractivity contribution in [2.24, 2.45) is 5.92 Å². The molecule has 0 spiro atoms. The maximum absolute atomic E-state index is 12.4. The lowest BCUT2D eigenvalue weighted by Crippen LogP contribution is -2.39. The molecule has 5 nitrogen and oxygen atoms in total. The normalized spacial score (nSPS) is 18.2. The number of anilines is 1. The molecule has 1 fully saturated rings. The summed E-state index contributed by atoms with van der Waals surface area (Å²) < 4.78 is 25.9. The van der Waals surface area contributed by atoms with Crippen molar-refractivity contribution < 1.29 is 13.2 Å². The topological polar surface area (TPSA) is 57.7 Å². The fourth-order valence-electron chi connectivity index (χ4n) is 3.40. The number of rotatable bonds is 6. The molecule has 0 bridgehead atoms. The highest BCUT2D eigenvalue weighted by atomic mass is 32.2. The van der Waals surface area contributed by atoms with Crippen LogP contribution in [0.2, 0.25) is 0 Å². The predicted molar refractivity (Wildman–Crippen MR) is 102 cm³/mol. The van der Waals surface area contributed by atoms with Gasteiger partial charge in [0, 0.05) is 26.1 Å². The van der Waals surface area contributed by atoms with Gasteiger partial charge in [-0.15, -0.1) is 0 Å². The molecule has 0 saturated carbocycles. The van der Waals surface area contributed by atoms with Gasteiger partial charge in [-0.05, 0) is 56.2 Å². The Kier molecular flexibility index (Phi) is 6.49. The van der Waals surface area contributed by atoms with Crippen LogP contribution in [-0.2, 0) is 14.8 Å². The summed E-state index contributed by atoms with van der Waals surface area (Å²) in [7, 11) is -3.38. The summed E-state index contributed by atoms with van der Waals surface area (Å²) in [5.41, 5.74) is 2.65. The molecule has 0 N–H and O–H groups in total. The van der Waals surface area contributed by atoms with Gasteiger partial charge in [-0.3, -0.25) is 9.10 Å². The fourth-order valence-corrected chi connectivity index (χ4v) is 4.42. The third kappa shape index (κ3) is 5.46. The molecule has 0 radical (unpaired) electrons. The van der Waals surface area contributed by atoms with Gasteiger partial charge in [-0.1, -0.05) is 19.1 Å². The summed E-state index contributed by atoms with van der Waals surface area (Å²) in [6.07, 6.45) is 4.39. The van der Waals surface area contributed by atoms with Crippen molar-refractivity contribution in [3.05, 3.63) is 29.3 Å². The van der Waals surface area contributed by atoms with Crippen LogP contribution in [0.5, 0.6) is 0 Å². The number of benzene rings is 1. The molecule has 0 unspecified atom stereocenters. The third-order valence-electron chi connectivity index (χ3n) is 4.80. The second-order valence-corrected chi connectivity index (χ2v) is 9.22. The van der Waals surface area contributed by atoms with Crippen LogP contribution in [-0.4, -0.2) is 45.1 Å². The maximum Gasteiger partial charge on any atom is 0.232 e. The molecule has 1 saturated heterocycles. The molecule has 0 aliphatic carbocycles. The lowest BCUT2D eigenvalue weighted by molar-refractivity contribution is -0.132. The van der Waals surface area contributed by atoms with Gasteiger partial charge in [0.2, 0.25) is 15.9 Å². The molecule has 0 aromatic heterocycles. The number of hydrogen-bond donors (Lipinski definition) is 0. The van der Waals surface area contributed by atoms with E-state index in [1.807, 2.05) is 36.9 Å². The van der Waals surface area contributed by atoms with Gasteiger partial charge in [0.1, 0.15) is 0 Å². The number of sulfonamides is 1. The Morgan fingerprint density at radius 1 is 1.32 bits per heavy atom. The first-order valence-electron chi connectivity index (χ1n) is 9.01. The lowest BCUT2D eigenvalue weighted by atomic mass is 10.00. The first kappa shape index (κ1) is 19.8. The van der Waals surface area contributed by atoms with Gasteiger partial charge in [0.15, 0.2) is 0 Å². The van der Waals surface area contributed by atoms with E-state index in [0.717, 1.165) is 30.6 Å². The van der Waals surface area contributed by atoms with Crippen LogP contribution in [0.4, 0.5) is 5.69 Å². The summed E-state index contributed by atoms with van der Waals surface area (Å²) in [5, 5.41) is 0. The zero-order valence-corrected chi connectivity index (χ0v) is 16.6. The Morgan fingerprint density at radius 3 is 2.68 bits per heavy atom. The first-order valence-corrected chi connectivity index (χ1v) is 10.9. The number of piperidine rings is 1. The van der Waals surface area contributed by atoms with Crippen LogP contribution in [0.25, 0.3) is 0 Å². The van der Waals surface area contributed by atoms with Crippen molar-refractivity contribution in [2.45, 2.75) is 46.5 Å². The Morgan fingerprint density at radius 2 is 2.04 bits per heavy atom. The van der Waals surface area contributed by atoms with E-state index in [1.165, 1.54) is 17.0 Å². The lowest BCUT2D eigenvalue weighted by Gasteiger charge is -2.31. The van der Waals surface area contributed by atoms with Crippen LogP contribution >= 0.6 is 0 Å². The third-order valence-corrected chi connectivity index (χ3v) is 5.98. The molecule has 1 aliphatic heterocycles. The van der Waals surface area contributed by atoms with E-state index >= 15 is 0 Å². The fraction of sp³-hybridized carbons (Fsp3) is 0.632. The Hall–Kier alpha value is -1.56. The van der Waals surface area contributed by atoms with Crippen molar-refractivity contribution >= 4 is 21.6 Å². The molecule has 1 amide bonds. The molecule has 140 valence electrons. The second-order valence-electron chi connectivity index (χ2n) is 7.32. The zero-order valence-electron chi connectivity index (χ0n) is 15.8. The predicted octanol–water partition coefficient (Wildman–Crippen LogP) is 3.11. The SMILES string of the molecule is Cc1ccc(C)c(N(CCCC(=O)N2CCC[C@H](C)C2)S(C)(=O)=O)c1. The number of amides is 1. The summed E-state index contributed by atoms with van der Waals surface area (Å²) in [4.78, 5) is 14.3. The van der Waals surface area contributed by atoms with E-state index < -0.39 is 10.0 Å². The number of nitrogens with zero attached hydrogens (tertiary/aromatic N) is 2. The zero-order chi connectivity index (χ0) is 18.6. The molecule has 1 aromatic carbocycles. The molecule has 1 atom stereocenters. The van der Waals surface area contributed by atoms with E-state index in [-0.39, 0.29) is 5.91 Å². The number of carbonyl (C=O) groups excluding carboxylic acids is 1. The Bertz CT molecular complexity index is 715. The number of likely N-dealkylation sites (tertiary alicyclic amines) is 1. The summed E-state index contributed by atoms with van der Waals surface area (Å²) >= 11 is 0. The van der Waals surface area contributed by atoms with Crippen molar-refractivity contribution in [1.29, 1.82) is 0 Å². The first-order chi connectivity index (χ1) is 11.7. The van der Waals surface area contributed by atoms with Crippen LogP contribution in [0.1, 0.15) is 43.7 Å². The quantitative estimate of drug-likeness (QED) is 0.777. The summed E-state index contributed by atoms with van der Waals surface area (Å²) in [5.74, 6) is 0.695. The molecule has 25 heavy (non-hydrogen) atoms. The maximum atomic E-state index is 12.4. The minimum Gasteiger partial charge on any atom is -0.342 e. The average Bonchev–Trinajstić information content (AvgIpc) is 2.53. The Balaban J connectivity index is 2.02. The largest absolute Gasteiger partial charge is 0.342 e. The van der Waals surface area contributed by atoms with Crippen molar-refractivity contribution in [2.75, 3.05) is 30.2 Å². The van der Waals surface area contributed by atoms with Gasteiger partial charge in [0.05, 0.1) is 11.9 Å². The van der Waals surface area contributed by atoms with Crippen molar-refractivity contribution in [1.82, 2.24) is 4.90 Å². The van der Waals surface area contributed by atoms with Gasteiger partial charge in [-0.2, -0.15) is 0 Å². The van der Waals surface area contributed by atoms with Crippen LogP contribution in [0.3, 0.4) is 0 Å². The summed E-state index contributed by atoms with van der Waals surface area (Å²) in [6, 6.07) is 5.80. The Labute approximate surface area is 152 Å². The molecule has 1 aromatic rings. The van der Waals surface area contributed by atoms with Crippen LogP contribution < -0.4 is 4.31 Å². The van der Waals surface area contributed by atoms with Gasteiger partial charge in [-0.25, -0.2) is 8.42 Å². The molecule has 1 aliphatic rings. The van der Waals surface area contributed by atoms with Crippen molar-refractivity contribution in [3.8, 4) is 0 Å². The molecule has 1 heterocycles. The highest BCUT2D eigenvalue weighted by molar-refractivity contribution is 7.92. The van der Waals surface area contributed by atoms with Crippen molar-refractivity contribution in [3.63, 3.8) is 0 Å². The monoisotopic (exact) mass is 366 g/mol. The smallest absolute Gasteiger partial charge is 0.232 e. The van der Waals surface area contributed by atoms with Gasteiger partial charge >= 0.3 is 0 Å². The average molecular weight is 367 g/mol. The van der Waals surface area contributed by atoms with E-state index in [9.17, 15) is 13.2 Å². The number of carbonyl (C=O) groups is 1. The van der Waals surface area contributed by atoms with E-state index in [4.69, 9.17) is 0 Å². The van der Waals surface area contributed by atoms with Crippen LogP contribution in [0.15, 0.2) is 18.2 Å². The number of aryl methyl sites for hydroxylation is 2. The van der Waals surface area contributed by atoms with E-state index in [1.54, 1.807) is 0 Å². The van der Waals surface area contributed by atoms with Crippen LogP contribution in [0, 0.1) is 19.8 Å². The van der Waals surface area contributed by atoms with E-state index in [2.05, 4.69) is 6.92 Å². The second kappa shape index (κ2) is 8.21. The molecular weight excluding hydrogens is 336 g/mol. The highest BCUT2D eigenvalue weighted by Crippen LogP contribution is 2.24. The minimum absolute atomic E-state index is 0.140. The highest BCUT2D eigenvalue weighted by Gasteiger charge is 2.23. The standard InChI is InChI=1S/C19H30N2O3S/c1-15-9-10-17(3)18(13-15)21(25(4,23)24)12-6-8-19(22)20-11-5-7-16(2)14-20/h9-10,13,16H,5-8,11-12,14H2,1-4H3/t16-/m0/s1. The molecular formula is C19H30N2O3S. The molecule has 6 heteroatoms. The summed E-state index contributed by atoms with van der Waals surface area (Å²) in [6.45, 7) is 8.02. The minimum atomic E-state index is -3.38. The van der Waals surface area contributed by atoms with Gasteiger partial charge in [0.25, 0.3) is 0 Å². The van der Waals surface area contributed by atoms with E-state index in [0.29, 0.717) is 31.0 Å².